The molecule has 1 aliphatic rings. The zero-order valence-corrected chi connectivity index (χ0v) is 9.77. The molecule has 2 nitrogen and oxygen atoms in total. The highest BCUT2D eigenvalue weighted by Gasteiger charge is 2.28. The lowest BCUT2D eigenvalue weighted by Gasteiger charge is -2.27. The molecular weight excluding hydrogens is 208 g/mol. The summed E-state index contributed by atoms with van der Waals surface area (Å²) in [6.07, 6.45) is 5.01. The highest BCUT2D eigenvalue weighted by atomic mass is 35.5. The molecule has 82 valence electrons. The topological polar surface area (TPSA) is 38.0 Å². The second-order valence-electron chi connectivity index (χ2n) is 4.59. The van der Waals surface area contributed by atoms with Crippen molar-refractivity contribution in [3.63, 3.8) is 0 Å². The number of hydrogen-bond acceptors (Lipinski definition) is 2. The van der Waals surface area contributed by atoms with Crippen LogP contribution in [0.4, 0.5) is 11.4 Å². The van der Waals surface area contributed by atoms with E-state index in [4.69, 9.17) is 17.3 Å². The molecular formula is C12H17ClN2. The Balaban J connectivity index is 2.20. The Kier molecular flexibility index (Phi) is 2.79. The monoisotopic (exact) mass is 224 g/mol. The molecule has 3 N–H and O–H groups in total. The Morgan fingerprint density at radius 1 is 1.33 bits per heavy atom. The first kappa shape index (κ1) is 10.6. The van der Waals surface area contributed by atoms with Crippen molar-refractivity contribution in [3.05, 3.63) is 23.2 Å². The summed E-state index contributed by atoms with van der Waals surface area (Å²) in [6.45, 7) is 2.25. The molecule has 0 amide bonds. The highest BCUT2D eigenvalue weighted by molar-refractivity contribution is 6.33. The molecule has 0 aromatic heterocycles. The predicted octanol–water partition coefficient (Wildman–Crippen LogP) is 3.67. The lowest BCUT2D eigenvalue weighted by atomic mass is 10.00. The third kappa shape index (κ3) is 2.20. The number of hydrogen-bond donors (Lipinski definition) is 2. The number of benzene rings is 1. The Labute approximate surface area is 95.8 Å². The molecule has 15 heavy (non-hydrogen) atoms. The molecule has 0 heterocycles. The molecule has 1 aliphatic carbocycles. The van der Waals surface area contributed by atoms with Crippen LogP contribution in [0.3, 0.4) is 0 Å². The van der Waals surface area contributed by atoms with E-state index < -0.39 is 0 Å². The number of rotatable bonds is 2. The van der Waals surface area contributed by atoms with Crippen molar-refractivity contribution in [2.24, 2.45) is 0 Å². The zero-order chi connectivity index (χ0) is 10.9. The van der Waals surface area contributed by atoms with Crippen LogP contribution in [0.2, 0.25) is 5.02 Å². The van der Waals surface area contributed by atoms with E-state index >= 15 is 0 Å². The van der Waals surface area contributed by atoms with Crippen LogP contribution in [0.1, 0.15) is 32.6 Å². The Hall–Kier alpha value is -0.890. The molecule has 1 fully saturated rings. The SMILES string of the molecule is CC1(Nc2cccc(Cl)c2N)CCCC1. The van der Waals surface area contributed by atoms with Gasteiger partial charge in [0.1, 0.15) is 0 Å². The number of nitrogen functional groups attached to an aromatic ring is 1. The van der Waals surface area contributed by atoms with Gasteiger partial charge in [-0.3, -0.25) is 0 Å². The average molecular weight is 225 g/mol. The standard InChI is InChI=1S/C12H17ClN2/c1-12(7-2-3-8-12)15-10-6-4-5-9(13)11(10)14/h4-6,15H,2-3,7-8,14H2,1H3. The molecule has 0 aliphatic heterocycles. The summed E-state index contributed by atoms with van der Waals surface area (Å²) in [5.74, 6) is 0. The molecule has 2 rings (SSSR count). The van der Waals surface area contributed by atoms with Crippen molar-refractivity contribution in [1.82, 2.24) is 0 Å². The summed E-state index contributed by atoms with van der Waals surface area (Å²) in [4.78, 5) is 0. The minimum absolute atomic E-state index is 0.193. The number of anilines is 2. The van der Waals surface area contributed by atoms with Crippen LogP contribution < -0.4 is 11.1 Å². The van der Waals surface area contributed by atoms with Crippen LogP contribution in [0, 0.1) is 0 Å². The molecule has 0 atom stereocenters. The van der Waals surface area contributed by atoms with E-state index in [1.165, 1.54) is 25.7 Å². The summed E-state index contributed by atoms with van der Waals surface area (Å²) in [7, 11) is 0. The number of nitrogens with one attached hydrogen (secondary N) is 1. The third-order valence-electron chi connectivity index (χ3n) is 3.20. The summed E-state index contributed by atoms with van der Waals surface area (Å²) >= 11 is 5.98. The first-order chi connectivity index (χ1) is 7.11. The van der Waals surface area contributed by atoms with E-state index in [1.54, 1.807) is 0 Å². The molecule has 3 heteroatoms. The second-order valence-corrected chi connectivity index (χ2v) is 5.00. The summed E-state index contributed by atoms with van der Waals surface area (Å²) < 4.78 is 0. The van der Waals surface area contributed by atoms with Gasteiger partial charge in [-0.1, -0.05) is 30.5 Å². The maximum absolute atomic E-state index is 5.98. The maximum atomic E-state index is 5.98. The first-order valence-corrected chi connectivity index (χ1v) is 5.81. The van der Waals surface area contributed by atoms with Gasteiger partial charge in [-0.25, -0.2) is 0 Å². The van der Waals surface area contributed by atoms with Crippen molar-refractivity contribution in [1.29, 1.82) is 0 Å². The van der Waals surface area contributed by atoms with Crippen LogP contribution >= 0.6 is 11.6 Å². The summed E-state index contributed by atoms with van der Waals surface area (Å²) in [6, 6.07) is 5.74. The van der Waals surface area contributed by atoms with Gasteiger partial charge < -0.3 is 11.1 Å². The molecule has 0 saturated heterocycles. The lowest BCUT2D eigenvalue weighted by molar-refractivity contribution is 0.533. The fourth-order valence-electron chi connectivity index (χ4n) is 2.25. The molecule has 1 aromatic rings. The quantitative estimate of drug-likeness (QED) is 0.753. The van der Waals surface area contributed by atoms with Crippen molar-refractivity contribution in [2.75, 3.05) is 11.1 Å². The Bertz CT molecular complexity index is 357. The van der Waals surface area contributed by atoms with E-state index in [1.807, 2.05) is 18.2 Å². The Morgan fingerprint density at radius 2 is 2.00 bits per heavy atom. The fourth-order valence-corrected chi connectivity index (χ4v) is 2.43. The zero-order valence-electron chi connectivity index (χ0n) is 9.02. The molecule has 0 bridgehead atoms. The first-order valence-electron chi connectivity index (χ1n) is 5.43. The van der Waals surface area contributed by atoms with E-state index in [0.717, 1.165) is 5.69 Å². The molecule has 1 saturated carbocycles. The summed E-state index contributed by atoms with van der Waals surface area (Å²) in [5, 5.41) is 4.14. The van der Waals surface area contributed by atoms with Gasteiger partial charge in [-0.15, -0.1) is 0 Å². The van der Waals surface area contributed by atoms with Crippen molar-refractivity contribution < 1.29 is 0 Å². The minimum Gasteiger partial charge on any atom is -0.396 e. The molecule has 1 aromatic carbocycles. The molecule has 0 spiro atoms. The van der Waals surface area contributed by atoms with Crippen LogP contribution in [-0.4, -0.2) is 5.54 Å². The van der Waals surface area contributed by atoms with Gasteiger partial charge in [0.15, 0.2) is 0 Å². The van der Waals surface area contributed by atoms with E-state index in [-0.39, 0.29) is 5.54 Å². The van der Waals surface area contributed by atoms with Gasteiger partial charge in [0.25, 0.3) is 0 Å². The largest absolute Gasteiger partial charge is 0.396 e. The van der Waals surface area contributed by atoms with E-state index in [2.05, 4.69) is 12.2 Å². The van der Waals surface area contributed by atoms with Gasteiger partial charge in [-0.05, 0) is 31.9 Å². The van der Waals surface area contributed by atoms with Crippen LogP contribution in [0.25, 0.3) is 0 Å². The molecule has 0 radical (unpaired) electrons. The predicted molar refractivity (Wildman–Crippen MR) is 66.4 cm³/mol. The van der Waals surface area contributed by atoms with Gasteiger partial charge in [0, 0.05) is 5.54 Å². The third-order valence-corrected chi connectivity index (χ3v) is 3.53. The summed E-state index contributed by atoms with van der Waals surface area (Å²) in [5.41, 5.74) is 7.74. The Morgan fingerprint density at radius 3 is 2.67 bits per heavy atom. The van der Waals surface area contributed by atoms with Gasteiger partial charge in [0.2, 0.25) is 0 Å². The lowest BCUT2D eigenvalue weighted by Crippen LogP contribution is -2.31. The maximum Gasteiger partial charge on any atom is 0.0739 e. The van der Waals surface area contributed by atoms with Crippen LogP contribution in [0.15, 0.2) is 18.2 Å². The van der Waals surface area contributed by atoms with Crippen molar-refractivity contribution in [2.45, 2.75) is 38.1 Å². The minimum atomic E-state index is 0.193. The van der Waals surface area contributed by atoms with Crippen molar-refractivity contribution >= 4 is 23.0 Å². The van der Waals surface area contributed by atoms with Gasteiger partial charge in [-0.2, -0.15) is 0 Å². The van der Waals surface area contributed by atoms with Crippen LogP contribution in [0.5, 0.6) is 0 Å². The molecule has 0 unspecified atom stereocenters. The number of halogens is 1. The smallest absolute Gasteiger partial charge is 0.0739 e. The second kappa shape index (κ2) is 3.93. The van der Waals surface area contributed by atoms with E-state index in [9.17, 15) is 0 Å². The average Bonchev–Trinajstić information content (AvgIpc) is 2.60. The van der Waals surface area contributed by atoms with E-state index in [0.29, 0.717) is 10.7 Å². The fraction of sp³-hybridized carbons (Fsp3) is 0.500. The highest BCUT2D eigenvalue weighted by Crippen LogP contribution is 2.35. The van der Waals surface area contributed by atoms with Crippen molar-refractivity contribution in [3.8, 4) is 0 Å². The number of nitrogens with two attached hydrogens (primary N) is 1. The number of para-hydroxylation sites is 1. The van der Waals surface area contributed by atoms with Gasteiger partial charge >= 0.3 is 0 Å². The normalized spacial score (nSPS) is 19.1. The van der Waals surface area contributed by atoms with Gasteiger partial charge in [0.05, 0.1) is 16.4 Å². The van der Waals surface area contributed by atoms with Crippen LogP contribution in [-0.2, 0) is 0 Å².